The van der Waals surface area contributed by atoms with Crippen LogP contribution in [0.25, 0.3) is 0 Å². The van der Waals surface area contributed by atoms with Gasteiger partial charge in [-0.2, -0.15) is 0 Å². The van der Waals surface area contributed by atoms with Gasteiger partial charge in [0.25, 0.3) is 5.69 Å². The van der Waals surface area contributed by atoms with Crippen LogP contribution in [0.5, 0.6) is 0 Å². The summed E-state index contributed by atoms with van der Waals surface area (Å²) in [5.41, 5.74) is 0.899. The minimum Gasteiger partial charge on any atom is -0.258 e. The first-order chi connectivity index (χ1) is 9.22. The van der Waals surface area contributed by atoms with Crippen LogP contribution >= 0.6 is 11.8 Å². The predicted octanol–water partition coefficient (Wildman–Crippen LogP) is 4.65. The van der Waals surface area contributed by atoms with Crippen LogP contribution in [0.15, 0.2) is 59.5 Å². The molecule has 97 valence electrons. The summed E-state index contributed by atoms with van der Waals surface area (Å²) in [5, 5.41) is 11.1. The van der Waals surface area contributed by atoms with Crippen molar-refractivity contribution in [1.82, 2.24) is 0 Å². The van der Waals surface area contributed by atoms with Crippen LogP contribution < -0.4 is 0 Å². The first-order valence-electron chi connectivity index (χ1n) is 5.96. The van der Waals surface area contributed by atoms with E-state index >= 15 is 0 Å². The van der Waals surface area contributed by atoms with E-state index in [1.54, 1.807) is 23.9 Å². The maximum Gasteiger partial charge on any atom is 0.273 e. The average Bonchev–Trinajstić information content (AvgIpc) is 2.46. The van der Waals surface area contributed by atoms with Gasteiger partial charge in [-0.3, -0.25) is 10.1 Å². The molecule has 4 heteroatoms. The van der Waals surface area contributed by atoms with Crippen molar-refractivity contribution in [1.29, 1.82) is 0 Å². The van der Waals surface area contributed by atoms with Crippen molar-refractivity contribution in [2.75, 3.05) is 0 Å². The van der Waals surface area contributed by atoms with Crippen LogP contribution in [0, 0.1) is 17.0 Å². The smallest absolute Gasteiger partial charge is 0.258 e. The van der Waals surface area contributed by atoms with Gasteiger partial charge >= 0.3 is 0 Å². The van der Waals surface area contributed by atoms with Crippen LogP contribution in [0.3, 0.4) is 0 Å². The van der Waals surface area contributed by atoms with Gasteiger partial charge in [-0.1, -0.05) is 43.3 Å². The molecule has 0 bridgehead atoms. The quantitative estimate of drug-likeness (QED) is 0.452. The number of para-hydroxylation sites is 1. The van der Waals surface area contributed by atoms with Crippen molar-refractivity contribution < 1.29 is 4.92 Å². The lowest BCUT2D eigenvalue weighted by molar-refractivity contribution is -0.385. The van der Waals surface area contributed by atoms with Crippen molar-refractivity contribution in [3.63, 3.8) is 0 Å². The molecule has 0 N–H and O–H groups in total. The number of thioether (sulfide) groups is 1. The molecule has 0 aliphatic carbocycles. The molecule has 1 unspecified atom stereocenters. The Labute approximate surface area is 116 Å². The van der Waals surface area contributed by atoms with Gasteiger partial charge in [0.05, 0.1) is 4.92 Å². The number of benzene rings is 2. The molecule has 0 fully saturated rings. The molecule has 2 aromatic rings. The first kappa shape index (κ1) is 13.6. The monoisotopic (exact) mass is 272 g/mol. The summed E-state index contributed by atoms with van der Waals surface area (Å²) in [5.74, 6) is 0. The van der Waals surface area contributed by atoms with Crippen molar-refractivity contribution in [2.24, 2.45) is 0 Å². The van der Waals surface area contributed by atoms with E-state index in [0.717, 1.165) is 10.5 Å². The number of hydrogen-bond acceptors (Lipinski definition) is 3. The maximum atomic E-state index is 11.1. The average molecular weight is 272 g/mol. The number of hydrogen-bond donors (Lipinski definition) is 0. The second kappa shape index (κ2) is 6.38. The molecule has 0 aromatic heterocycles. The zero-order valence-electron chi connectivity index (χ0n) is 10.4. The zero-order chi connectivity index (χ0) is 13.7. The summed E-state index contributed by atoms with van der Waals surface area (Å²) in [6.07, 6.45) is 0.602. The highest BCUT2D eigenvalue weighted by Crippen LogP contribution is 2.40. The highest BCUT2D eigenvalue weighted by molar-refractivity contribution is 7.99. The summed E-state index contributed by atoms with van der Waals surface area (Å²) >= 11 is 1.61. The fraction of sp³-hybridized carbons (Fsp3) is 0.133. The molecule has 2 rings (SSSR count). The van der Waals surface area contributed by atoms with Gasteiger partial charge in [0.1, 0.15) is 0 Å². The molecule has 0 heterocycles. The standard InChI is InChI=1S/C15H14NO2S/c1-2-15(19-12-8-4-3-5-9-12)13-10-6-7-11-14(13)16(17)18/h3-11,15H,1-2H2. The molecule has 3 nitrogen and oxygen atoms in total. The lowest BCUT2D eigenvalue weighted by Crippen LogP contribution is -1.99. The first-order valence-corrected chi connectivity index (χ1v) is 6.84. The minimum absolute atomic E-state index is 0.0102. The molecule has 0 spiro atoms. The molecule has 1 radical (unpaired) electrons. The van der Waals surface area contributed by atoms with Crippen LogP contribution in [-0.2, 0) is 0 Å². The van der Waals surface area contributed by atoms with Crippen molar-refractivity contribution in [3.05, 3.63) is 77.2 Å². The van der Waals surface area contributed by atoms with Crippen molar-refractivity contribution >= 4 is 17.4 Å². The number of nitro groups is 1. The third-order valence-electron chi connectivity index (χ3n) is 2.76. The Hall–Kier alpha value is -1.81. The molecule has 0 amide bonds. The van der Waals surface area contributed by atoms with Crippen molar-refractivity contribution in [2.45, 2.75) is 16.6 Å². The molecule has 0 aliphatic heterocycles. The second-order valence-corrected chi connectivity index (χ2v) is 5.30. The van der Waals surface area contributed by atoms with E-state index in [4.69, 9.17) is 0 Å². The van der Waals surface area contributed by atoms with Gasteiger partial charge in [-0.15, -0.1) is 11.8 Å². The van der Waals surface area contributed by atoms with Crippen molar-refractivity contribution in [3.8, 4) is 0 Å². The molecule has 1 atom stereocenters. The Morgan fingerprint density at radius 3 is 2.37 bits per heavy atom. The van der Waals surface area contributed by atoms with E-state index in [1.165, 1.54) is 0 Å². The molecule has 19 heavy (non-hydrogen) atoms. The topological polar surface area (TPSA) is 43.1 Å². The summed E-state index contributed by atoms with van der Waals surface area (Å²) in [6.45, 7) is 3.92. The largest absolute Gasteiger partial charge is 0.273 e. The van der Waals surface area contributed by atoms with Crippen LogP contribution in [0.1, 0.15) is 17.2 Å². The second-order valence-electron chi connectivity index (χ2n) is 4.02. The lowest BCUT2D eigenvalue weighted by atomic mass is 10.1. The van der Waals surface area contributed by atoms with Gasteiger partial charge < -0.3 is 0 Å². The van der Waals surface area contributed by atoms with E-state index in [0.29, 0.717) is 6.42 Å². The van der Waals surface area contributed by atoms with Crippen LogP contribution in [-0.4, -0.2) is 4.92 Å². The van der Waals surface area contributed by atoms with E-state index in [1.807, 2.05) is 42.5 Å². The molecular formula is C15H14NO2S. The highest BCUT2D eigenvalue weighted by atomic mass is 32.2. The predicted molar refractivity (Wildman–Crippen MR) is 78.1 cm³/mol. The van der Waals surface area contributed by atoms with E-state index < -0.39 is 0 Å². The number of rotatable bonds is 5. The highest BCUT2D eigenvalue weighted by Gasteiger charge is 2.21. The summed E-state index contributed by atoms with van der Waals surface area (Å²) in [6, 6.07) is 16.8. The van der Waals surface area contributed by atoms with Crippen LogP contribution in [0.2, 0.25) is 0 Å². The third-order valence-corrected chi connectivity index (χ3v) is 4.08. The fourth-order valence-corrected chi connectivity index (χ4v) is 2.95. The number of nitro benzene ring substituents is 1. The number of nitrogens with zero attached hydrogens (tertiary/aromatic N) is 1. The normalized spacial score (nSPS) is 12.1. The van der Waals surface area contributed by atoms with Gasteiger partial charge in [0.15, 0.2) is 0 Å². The Kier molecular flexibility index (Phi) is 4.58. The van der Waals surface area contributed by atoms with Gasteiger partial charge in [-0.05, 0) is 18.6 Å². The van der Waals surface area contributed by atoms with Gasteiger partial charge in [0.2, 0.25) is 0 Å². The third kappa shape index (κ3) is 3.35. The summed E-state index contributed by atoms with van der Waals surface area (Å²) in [7, 11) is 0. The Morgan fingerprint density at radius 1 is 1.11 bits per heavy atom. The Bertz CT molecular complexity index is 557. The maximum absolute atomic E-state index is 11.1. The van der Waals surface area contributed by atoms with E-state index in [9.17, 15) is 10.1 Å². The zero-order valence-corrected chi connectivity index (χ0v) is 11.2. The van der Waals surface area contributed by atoms with E-state index in [2.05, 4.69) is 6.92 Å². The molecule has 0 saturated heterocycles. The van der Waals surface area contributed by atoms with Gasteiger partial charge in [0, 0.05) is 21.8 Å². The Balaban J connectivity index is 2.30. The van der Waals surface area contributed by atoms with E-state index in [-0.39, 0.29) is 15.9 Å². The minimum atomic E-state index is -0.330. The molecule has 0 aliphatic rings. The molecular weight excluding hydrogens is 258 g/mol. The Morgan fingerprint density at radius 2 is 1.74 bits per heavy atom. The molecule has 0 saturated carbocycles. The molecule has 2 aromatic carbocycles. The SMILES string of the molecule is [CH2]CC(Sc1ccccc1)c1ccccc1[N+](=O)[O-]. The summed E-state index contributed by atoms with van der Waals surface area (Å²) in [4.78, 5) is 11.8. The van der Waals surface area contributed by atoms with Gasteiger partial charge in [-0.25, -0.2) is 0 Å². The van der Waals surface area contributed by atoms with Crippen LogP contribution in [0.4, 0.5) is 5.69 Å². The fourth-order valence-electron chi connectivity index (χ4n) is 1.87. The lowest BCUT2D eigenvalue weighted by Gasteiger charge is -2.14. The summed E-state index contributed by atoms with van der Waals surface area (Å²) < 4.78 is 0.